The van der Waals surface area contributed by atoms with Crippen LogP contribution < -0.4 is 5.32 Å². The molecular weight excluding hydrogens is 226 g/mol. The minimum Gasteiger partial charge on any atom is -0.481 e. The van der Waals surface area contributed by atoms with Crippen molar-refractivity contribution in [2.75, 3.05) is 12.4 Å². The summed E-state index contributed by atoms with van der Waals surface area (Å²) in [6, 6.07) is 1.25. The van der Waals surface area contributed by atoms with Crippen molar-refractivity contribution in [2.24, 2.45) is 0 Å². The normalized spacial score (nSPS) is 11.6. The molecule has 17 heavy (non-hydrogen) atoms. The van der Waals surface area contributed by atoms with Crippen LogP contribution in [-0.4, -0.2) is 40.2 Å². The highest BCUT2D eigenvalue weighted by atomic mass is 16.5. The lowest BCUT2D eigenvalue weighted by molar-refractivity contribution is -0.137. The second-order valence-corrected chi connectivity index (χ2v) is 3.40. The van der Waals surface area contributed by atoms with Crippen molar-refractivity contribution in [3.8, 4) is 0 Å². The maximum Gasteiger partial charge on any atom is 0.376 e. The summed E-state index contributed by atoms with van der Waals surface area (Å²) in [5.41, 5.74) is 0. The molecule has 0 amide bonds. The first-order chi connectivity index (χ1) is 8.02. The highest BCUT2D eigenvalue weighted by molar-refractivity contribution is 5.85. The van der Waals surface area contributed by atoms with Gasteiger partial charge in [0.15, 0.2) is 0 Å². The zero-order valence-electron chi connectivity index (χ0n) is 9.51. The van der Waals surface area contributed by atoms with E-state index in [0.717, 1.165) is 0 Å². The third-order valence-electron chi connectivity index (χ3n) is 1.90. The number of anilines is 1. The van der Waals surface area contributed by atoms with E-state index in [9.17, 15) is 9.59 Å². The van der Waals surface area contributed by atoms with E-state index in [1.807, 2.05) is 0 Å². The van der Waals surface area contributed by atoms with E-state index in [4.69, 9.17) is 5.11 Å². The first-order valence-electron chi connectivity index (χ1n) is 4.92. The molecule has 0 aliphatic carbocycles. The van der Waals surface area contributed by atoms with Gasteiger partial charge >= 0.3 is 11.9 Å². The number of carboxylic acid groups (broad SMARTS) is 1. The Morgan fingerprint density at radius 1 is 1.59 bits per heavy atom. The average molecular weight is 239 g/mol. The maximum absolute atomic E-state index is 11.2. The molecule has 1 atom stereocenters. The molecule has 0 radical (unpaired) electrons. The van der Waals surface area contributed by atoms with Gasteiger partial charge in [0, 0.05) is 12.2 Å². The van der Waals surface area contributed by atoms with E-state index < -0.39 is 11.9 Å². The Hall–Kier alpha value is -2.18. The number of ether oxygens (including phenoxy) is 1. The summed E-state index contributed by atoms with van der Waals surface area (Å²) < 4.78 is 4.47. The predicted octanol–water partition coefficient (Wildman–Crippen LogP) is 0.538. The van der Waals surface area contributed by atoms with Gasteiger partial charge in [0.2, 0.25) is 5.82 Å². The zero-order valence-corrected chi connectivity index (χ0v) is 9.51. The Bertz CT molecular complexity index is 422. The van der Waals surface area contributed by atoms with Crippen LogP contribution in [0.1, 0.15) is 24.0 Å². The number of aliphatic carboxylic acids is 1. The van der Waals surface area contributed by atoms with Gasteiger partial charge in [0.25, 0.3) is 0 Å². The lowest BCUT2D eigenvalue weighted by Gasteiger charge is -2.12. The quantitative estimate of drug-likeness (QED) is 0.723. The van der Waals surface area contributed by atoms with E-state index in [-0.39, 0.29) is 18.3 Å². The average Bonchev–Trinajstić information content (AvgIpc) is 2.27. The van der Waals surface area contributed by atoms with E-state index in [1.165, 1.54) is 13.3 Å². The van der Waals surface area contributed by atoms with Gasteiger partial charge < -0.3 is 15.2 Å². The summed E-state index contributed by atoms with van der Waals surface area (Å²) in [5.74, 6) is -1.24. The number of hydrogen-bond donors (Lipinski definition) is 2. The summed E-state index contributed by atoms with van der Waals surface area (Å²) in [4.78, 5) is 29.3. The van der Waals surface area contributed by atoms with E-state index >= 15 is 0 Å². The monoisotopic (exact) mass is 239 g/mol. The van der Waals surface area contributed by atoms with Gasteiger partial charge in [-0.3, -0.25) is 4.79 Å². The Morgan fingerprint density at radius 3 is 2.88 bits per heavy atom. The van der Waals surface area contributed by atoms with Crippen LogP contribution in [0, 0.1) is 0 Å². The van der Waals surface area contributed by atoms with Gasteiger partial charge in [-0.25, -0.2) is 14.8 Å². The molecular formula is C10H13N3O4. The minimum absolute atomic E-state index is 0.0441. The number of carbonyl (C=O) groups excluding carboxylic acids is 1. The maximum atomic E-state index is 11.2. The fourth-order valence-electron chi connectivity index (χ4n) is 1.19. The van der Waals surface area contributed by atoms with Gasteiger partial charge in [0.05, 0.1) is 13.5 Å². The van der Waals surface area contributed by atoms with Crippen molar-refractivity contribution >= 4 is 17.8 Å². The molecule has 0 saturated heterocycles. The lowest BCUT2D eigenvalue weighted by atomic mass is 10.2. The molecule has 7 nitrogen and oxygen atoms in total. The molecule has 1 unspecified atom stereocenters. The third kappa shape index (κ3) is 4.06. The van der Waals surface area contributed by atoms with Crippen LogP contribution in [0.3, 0.4) is 0 Å². The largest absolute Gasteiger partial charge is 0.481 e. The number of nitrogens with one attached hydrogen (secondary N) is 1. The molecule has 92 valence electrons. The first-order valence-corrected chi connectivity index (χ1v) is 4.92. The number of carboxylic acids is 1. The molecule has 0 aromatic carbocycles. The first kappa shape index (κ1) is 12.9. The fourth-order valence-corrected chi connectivity index (χ4v) is 1.19. The molecule has 0 bridgehead atoms. The standard InChI is InChI=1S/C10H13N3O4/c1-6(5-8(14)15)12-7-3-4-11-9(13-7)10(16)17-2/h3-4,6H,5H2,1-2H3,(H,14,15)(H,11,12,13). The molecule has 1 aromatic heterocycles. The summed E-state index contributed by atoms with van der Waals surface area (Å²) in [5, 5.41) is 11.4. The molecule has 1 heterocycles. The van der Waals surface area contributed by atoms with Crippen LogP contribution >= 0.6 is 0 Å². The van der Waals surface area contributed by atoms with Crippen LogP contribution in [0.4, 0.5) is 5.82 Å². The molecule has 1 aromatic rings. The molecule has 7 heteroatoms. The number of aromatic nitrogens is 2. The highest BCUT2D eigenvalue weighted by Gasteiger charge is 2.12. The summed E-state index contributed by atoms with van der Waals surface area (Å²) in [6.45, 7) is 1.70. The van der Waals surface area contributed by atoms with E-state index in [1.54, 1.807) is 13.0 Å². The Kier molecular flexibility index (Phi) is 4.38. The van der Waals surface area contributed by atoms with Crippen LogP contribution in [0.2, 0.25) is 0 Å². The Morgan fingerprint density at radius 2 is 2.29 bits per heavy atom. The Labute approximate surface area is 97.8 Å². The van der Waals surface area contributed by atoms with E-state index in [0.29, 0.717) is 5.82 Å². The van der Waals surface area contributed by atoms with Gasteiger partial charge in [-0.15, -0.1) is 0 Å². The summed E-state index contributed by atoms with van der Waals surface area (Å²) >= 11 is 0. The summed E-state index contributed by atoms with van der Waals surface area (Å²) in [7, 11) is 1.23. The molecule has 0 spiro atoms. The molecule has 2 N–H and O–H groups in total. The number of carbonyl (C=O) groups is 2. The van der Waals surface area contributed by atoms with Crippen molar-refractivity contribution in [3.63, 3.8) is 0 Å². The van der Waals surface area contributed by atoms with Crippen molar-refractivity contribution < 1.29 is 19.4 Å². The number of esters is 1. The number of methoxy groups -OCH3 is 1. The van der Waals surface area contributed by atoms with Crippen molar-refractivity contribution in [1.82, 2.24) is 9.97 Å². The van der Waals surface area contributed by atoms with Gasteiger partial charge in [-0.2, -0.15) is 0 Å². The smallest absolute Gasteiger partial charge is 0.376 e. The Balaban J connectivity index is 2.72. The SMILES string of the molecule is COC(=O)c1nccc(NC(C)CC(=O)O)n1. The highest BCUT2D eigenvalue weighted by Crippen LogP contribution is 2.06. The minimum atomic E-state index is -0.910. The third-order valence-corrected chi connectivity index (χ3v) is 1.90. The van der Waals surface area contributed by atoms with Crippen LogP contribution in [-0.2, 0) is 9.53 Å². The summed E-state index contributed by atoms with van der Waals surface area (Å²) in [6.07, 6.45) is 1.35. The number of hydrogen-bond acceptors (Lipinski definition) is 6. The molecule has 0 fully saturated rings. The predicted molar refractivity (Wildman–Crippen MR) is 58.7 cm³/mol. The van der Waals surface area contributed by atoms with E-state index in [2.05, 4.69) is 20.0 Å². The second kappa shape index (κ2) is 5.78. The van der Waals surface area contributed by atoms with Crippen LogP contribution in [0.15, 0.2) is 12.3 Å². The van der Waals surface area contributed by atoms with Gasteiger partial charge in [-0.05, 0) is 13.0 Å². The van der Waals surface area contributed by atoms with Gasteiger partial charge in [0.1, 0.15) is 5.82 Å². The van der Waals surface area contributed by atoms with Crippen molar-refractivity contribution in [3.05, 3.63) is 18.1 Å². The fraction of sp³-hybridized carbons (Fsp3) is 0.400. The van der Waals surface area contributed by atoms with Crippen molar-refractivity contribution in [1.29, 1.82) is 0 Å². The number of nitrogens with zero attached hydrogens (tertiary/aromatic N) is 2. The van der Waals surface area contributed by atoms with Gasteiger partial charge in [-0.1, -0.05) is 0 Å². The molecule has 0 saturated carbocycles. The zero-order chi connectivity index (χ0) is 12.8. The lowest BCUT2D eigenvalue weighted by Crippen LogP contribution is -2.20. The van der Waals surface area contributed by atoms with Crippen LogP contribution in [0.5, 0.6) is 0 Å². The topological polar surface area (TPSA) is 101 Å². The molecule has 0 aliphatic rings. The molecule has 1 rings (SSSR count). The molecule has 0 aliphatic heterocycles. The van der Waals surface area contributed by atoms with Crippen LogP contribution in [0.25, 0.3) is 0 Å². The second-order valence-electron chi connectivity index (χ2n) is 3.40. The number of rotatable bonds is 5. The van der Waals surface area contributed by atoms with Crippen molar-refractivity contribution in [2.45, 2.75) is 19.4 Å².